The molecule has 0 aliphatic carbocycles. The van der Waals surface area contributed by atoms with Crippen LogP contribution in [0.5, 0.6) is 0 Å². The normalized spacial score (nSPS) is 21.3. The summed E-state index contributed by atoms with van der Waals surface area (Å²) in [6, 6.07) is -0.946. The summed E-state index contributed by atoms with van der Waals surface area (Å²) in [6.45, 7) is -0.558. The number of aromatic nitrogens is 1. The molecule has 0 spiro atoms. The molecule has 2 aliphatic rings. The third-order valence-corrected chi connectivity index (χ3v) is 5.55. The van der Waals surface area contributed by atoms with Gasteiger partial charge in [-0.1, -0.05) is 5.16 Å². The number of aliphatic carboxylic acids is 1. The summed E-state index contributed by atoms with van der Waals surface area (Å²) in [5.41, 5.74) is 10.2. The van der Waals surface area contributed by atoms with Gasteiger partial charge >= 0.3 is 5.97 Å². The average molecular weight is 426 g/mol. The molecule has 0 unspecified atom stereocenters. The smallest absolute Gasteiger partial charge is 0.352 e. The number of nitrogen functional groups attached to an aromatic ring is 1. The van der Waals surface area contributed by atoms with Gasteiger partial charge in [0.25, 0.3) is 17.7 Å². The summed E-state index contributed by atoms with van der Waals surface area (Å²) in [5.74, 6) is -2.98. The number of thiazole rings is 1. The number of carboxylic acids is 1. The number of thioether (sulfide) groups is 1. The molecule has 3 rings (SSSR count). The molecule has 148 valence electrons. The van der Waals surface area contributed by atoms with E-state index in [9.17, 15) is 24.3 Å². The lowest BCUT2D eigenvalue weighted by Gasteiger charge is -2.48. The van der Waals surface area contributed by atoms with Crippen molar-refractivity contribution in [1.82, 2.24) is 15.2 Å². The lowest BCUT2D eigenvalue weighted by atomic mass is 10.0. The third kappa shape index (κ3) is 3.77. The topological polar surface area (TPSA) is 190 Å². The van der Waals surface area contributed by atoms with Crippen LogP contribution in [-0.2, 0) is 24.0 Å². The second kappa shape index (κ2) is 7.85. The fourth-order valence-corrected chi connectivity index (χ4v) is 4.25. The first kappa shape index (κ1) is 19.6. The van der Waals surface area contributed by atoms with Crippen LogP contribution in [0.3, 0.4) is 0 Å². The van der Waals surface area contributed by atoms with Crippen molar-refractivity contribution >= 4 is 57.6 Å². The van der Waals surface area contributed by atoms with E-state index < -0.39 is 41.7 Å². The first-order valence-corrected chi connectivity index (χ1v) is 9.61. The molecule has 3 amide bonds. The molecule has 3 heterocycles. The van der Waals surface area contributed by atoms with Gasteiger partial charge in [-0.25, -0.2) is 9.78 Å². The van der Waals surface area contributed by atoms with Crippen molar-refractivity contribution in [1.29, 1.82) is 0 Å². The molecule has 0 radical (unpaired) electrons. The maximum Gasteiger partial charge on any atom is 0.352 e. The van der Waals surface area contributed by atoms with E-state index in [1.807, 2.05) is 0 Å². The van der Waals surface area contributed by atoms with Gasteiger partial charge in [0, 0.05) is 11.1 Å². The van der Waals surface area contributed by atoms with Crippen molar-refractivity contribution in [3.8, 4) is 0 Å². The Labute approximate surface area is 165 Å². The first-order valence-electron chi connectivity index (χ1n) is 7.68. The number of carbonyl (C=O) groups excluding carboxylic acids is 3. The second-order valence-corrected chi connectivity index (χ2v) is 7.57. The fraction of sp³-hybridized carbons (Fsp3) is 0.286. The molecule has 1 fully saturated rings. The van der Waals surface area contributed by atoms with E-state index in [0.29, 0.717) is 5.75 Å². The van der Waals surface area contributed by atoms with E-state index in [2.05, 4.69) is 15.5 Å². The second-order valence-electron chi connectivity index (χ2n) is 5.53. The molecule has 1 aromatic rings. The van der Waals surface area contributed by atoms with Gasteiger partial charge < -0.3 is 26.7 Å². The molecule has 2 atom stereocenters. The number of anilines is 1. The summed E-state index contributed by atoms with van der Waals surface area (Å²) in [5, 5.41) is 16.3. The molecule has 12 nitrogen and oxygen atoms in total. The molecule has 1 saturated heterocycles. The number of β-lactam (4-membered cyclic amide) rings is 1. The van der Waals surface area contributed by atoms with Crippen molar-refractivity contribution in [3.63, 3.8) is 0 Å². The zero-order valence-corrected chi connectivity index (χ0v) is 15.7. The number of nitrogens with one attached hydrogen (secondary N) is 1. The average Bonchev–Trinajstić information content (AvgIpc) is 3.07. The van der Waals surface area contributed by atoms with Crippen LogP contribution in [0.15, 0.2) is 22.3 Å². The fourth-order valence-electron chi connectivity index (χ4n) is 2.51. The minimum atomic E-state index is -1.22. The van der Waals surface area contributed by atoms with Crippen molar-refractivity contribution < 1.29 is 29.1 Å². The first-order chi connectivity index (χ1) is 13.3. The van der Waals surface area contributed by atoms with Crippen molar-refractivity contribution in [3.05, 3.63) is 22.8 Å². The highest BCUT2D eigenvalue weighted by Crippen LogP contribution is 2.37. The highest BCUT2D eigenvalue weighted by molar-refractivity contribution is 8.00. The number of hydrogen-bond acceptors (Lipinski definition) is 10. The third-order valence-electron chi connectivity index (χ3n) is 3.69. The summed E-state index contributed by atoms with van der Waals surface area (Å²) < 4.78 is 0. The van der Waals surface area contributed by atoms with Gasteiger partial charge in [-0.3, -0.25) is 19.3 Å². The number of nitrogens with zero attached hydrogens (tertiary/aromatic N) is 3. The Hall–Kier alpha value is -3.13. The predicted molar refractivity (Wildman–Crippen MR) is 99.0 cm³/mol. The molecule has 0 bridgehead atoms. The van der Waals surface area contributed by atoms with Crippen LogP contribution in [-0.4, -0.2) is 68.2 Å². The quantitative estimate of drug-likeness (QED) is 0.223. The highest BCUT2D eigenvalue weighted by atomic mass is 32.2. The zero-order chi connectivity index (χ0) is 20.4. The number of amides is 3. The van der Waals surface area contributed by atoms with E-state index in [4.69, 9.17) is 16.3 Å². The Bertz CT molecular complexity index is 912. The van der Waals surface area contributed by atoms with Crippen LogP contribution in [0, 0.1) is 0 Å². The van der Waals surface area contributed by atoms with Gasteiger partial charge in [0.1, 0.15) is 22.8 Å². The Morgan fingerprint density at radius 1 is 1.46 bits per heavy atom. The maximum atomic E-state index is 12.6. The van der Waals surface area contributed by atoms with Gasteiger partial charge in [0.05, 0.1) is 0 Å². The summed E-state index contributed by atoms with van der Waals surface area (Å²) in [4.78, 5) is 56.8. The zero-order valence-electron chi connectivity index (χ0n) is 14.0. The van der Waals surface area contributed by atoms with Gasteiger partial charge in [-0.05, 0) is 6.08 Å². The van der Waals surface area contributed by atoms with E-state index in [1.54, 1.807) is 0 Å². The largest absolute Gasteiger partial charge is 0.477 e. The summed E-state index contributed by atoms with van der Waals surface area (Å²) in [6.07, 6.45) is 1.43. The Morgan fingerprint density at radius 2 is 2.21 bits per heavy atom. The van der Waals surface area contributed by atoms with Crippen molar-refractivity contribution in [2.75, 3.05) is 18.1 Å². The summed E-state index contributed by atoms with van der Waals surface area (Å²) in [7, 11) is 0. The lowest BCUT2D eigenvalue weighted by molar-refractivity contribution is -0.150. The monoisotopic (exact) mass is 426 g/mol. The van der Waals surface area contributed by atoms with Crippen LogP contribution < -0.4 is 16.8 Å². The number of rotatable bonds is 7. The van der Waals surface area contributed by atoms with Crippen LogP contribution in [0.4, 0.5) is 5.13 Å². The van der Waals surface area contributed by atoms with Crippen LogP contribution in [0.25, 0.3) is 0 Å². The molecule has 1 aromatic heterocycles. The van der Waals surface area contributed by atoms with E-state index in [1.165, 1.54) is 23.2 Å². The van der Waals surface area contributed by atoms with Gasteiger partial charge in [-0.2, -0.15) is 0 Å². The maximum absolute atomic E-state index is 12.6. The van der Waals surface area contributed by atoms with Gasteiger partial charge in [0.2, 0.25) is 0 Å². The number of primary amides is 1. The molecule has 2 aliphatic heterocycles. The Balaban J connectivity index is 1.76. The minimum absolute atomic E-state index is 0.0931. The molecule has 14 heteroatoms. The lowest BCUT2D eigenvalue weighted by Crippen LogP contribution is -2.70. The van der Waals surface area contributed by atoms with E-state index >= 15 is 0 Å². The molecule has 6 N–H and O–H groups in total. The van der Waals surface area contributed by atoms with Crippen LogP contribution in [0.1, 0.15) is 5.69 Å². The SMILES string of the molecule is NC(=O)CON=C(C(=O)N[C@@H]1C(=O)N2C(C(=O)O)=CCS[C@H]12)c1csc(N)n1. The number of carboxylic acid groups (broad SMARTS) is 1. The van der Waals surface area contributed by atoms with Crippen LogP contribution in [0.2, 0.25) is 0 Å². The minimum Gasteiger partial charge on any atom is -0.477 e. The standard InChI is InChI=1S/C14H14N6O6S2/c15-7(21)3-26-19-8(5-4-28-14(16)17-5)10(22)18-9-11(23)20-6(13(24)25)1-2-27-12(9)20/h1,4,9,12H,2-3H2,(H2,15,21)(H2,16,17)(H,18,22)(H,24,25)/t9-,12-/m1/s1. The predicted octanol–water partition coefficient (Wildman–Crippen LogP) is -1.70. The number of fused-ring (bicyclic) bond motifs is 1. The number of hydrogen-bond donors (Lipinski definition) is 4. The number of oxime groups is 1. The van der Waals surface area contributed by atoms with E-state index in [-0.39, 0.29) is 22.2 Å². The Morgan fingerprint density at radius 3 is 2.82 bits per heavy atom. The molecular formula is C14H14N6O6S2. The summed E-state index contributed by atoms with van der Waals surface area (Å²) >= 11 is 2.36. The molecular weight excluding hydrogens is 412 g/mol. The van der Waals surface area contributed by atoms with Gasteiger partial charge in [0.15, 0.2) is 17.5 Å². The highest BCUT2D eigenvalue weighted by Gasteiger charge is 2.53. The number of carbonyl (C=O) groups is 4. The molecule has 28 heavy (non-hydrogen) atoms. The van der Waals surface area contributed by atoms with Crippen molar-refractivity contribution in [2.45, 2.75) is 11.4 Å². The Kier molecular flexibility index (Phi) is 5.51. The number of nitrogens with two attached hydrogens (primary N) is 2. The van der Waals surface area contributed by atoms with Gasteiger partial charge in [-0.15, -0.1) is 23.1 Å². The van der Waals surface area contributed by atoms with Crippen molar-refractivity contribution in [2.24, 2.45) is 10.9 Å². The van der Waals surface area contributed by atoms with E-state index in [0.717, 1.165) is 16.2 Å². The van der Waals surface area contributed by atoms with Crippen LogP contribution >= 0.6 is 23.1 Å². The molecule has 0 aromatic carbocycles. The molecule has 0 saturated carbocycles.